The number of rotatable bonds is 0. The van der Waals surface area contributed by atoms with E-state index in [0.717, 1.165) is 0 Å². The van der Waals surface area contributed by atoms with Crippen molar-refractivity contribution >= 4 is 58.0 Å². The number of alkyl halides is 5. The summed E-state index contributed by atoms with van der Waals surface area (Å²) in [5.41, 5.74) is 0. The highest BCUT2D eigenvalue weighted by Gasteiger charge is 1.78. The summed E-state index contributed by atoms with van der Waals surface area (Å²) < 4.78 is -0.750. The third-order valence-corrected chi connectivity index (χ3v) is 0. The van der Waals surface area contributed by atoms with E-state index < -0.39 is 4.30 Å². The Bertz CT molecular complexity index is 41.6. The van der Waals surface area contributed by atoms with Crippen molar-refractivity contribution in [2.45, 2.75) is 24.2 Å². The Balaban J connectivity index is -0.0000000389. The molecule has 0 aromatic rings. The van der Waals surface area contributed by atoms with Crippen LogP contribution in [0.3, 0.4) is 0 Å². The lowest BCUT2D eigenvalue weighted by Crippen LogP contribution is -1.85. The van der Waals surface area contributed by atoms with E-state index >= 15 is 0 Å². The van der Waals surface area contributed by atoms with Gasteiger partial charge in [-0.2, -0.15) is 0 Å². The van der Waals surface area contributed by atoms with Gasteiger partial charge in [-0.25, -0.2) is 0 Å². The second-order valence-electron chi connectivity index (χ2n) is 1.44. The highest BCUT2D eigenvalue weighted by atomic mass is 35.6. The van der Waals surface area contributed by atoms with Crippen LogP contribution in [0.1, 0.15) is 13.8 Å². The summed E-state index contributed by atoms with van der Waals surface area (Å²) in [7, 11) is 0. The van der Waals surface area contributed by atoms with Crippen LogP contribution in [0.15, 0.2) is 0 Å². The van der Waals surface area contributed by atoms with E-state index in [4.69, 9.17) is 63.1 Å². The van der Waals surface area contributed by atoms with Gasteiger partial charge in [0.15, 0.2) is 4.30 Å². The molecule has 0 heterocycles. The van der Waals surface area contributed by atoms with Gasteiger partial charge in [0.25, 0.3) is 0 Å². The van der Waals surface area contributed by atoms with Crippen molar-refractivity contribution in [3.05, 3.63) is 0 Å². The molecule has 0 aromatic carbocycles. The van der Waals surface area contributed by atoms with Crippen LogP contribution >= 0.6 is 58.0 Å². The third-order valence-electron chi connectivity index (χ3n) is 0. The lowest BCUT2D eigenvalue weighted by atomic mass is 10.5. The molecule has 0 aliphatic rings. The Labute approximate surface area is 98.0 Å². The van der Waals surface area contributed by atoms with E-state index in [-0.39, 0.29) is 16.9 Å². The Morgan fingerprint density at radius 1 is 1.08 bits per heavy atom. The maximum atomic E-state index is 8.06. The van der Waals surface area contributed by atoms with Gasteiger partial charge in [0, 0.05) is 6.10 Å². The average molecular weight is 282 g/mol. The molecule has 0 bridgehead atoms. The summed E-state index contributed by atoms with van der Waals surface area (Å²) in [4.78, 5) is 0. The molecule has 0 saturated heterocycles. The molecule has 0 aliphatic heterocycles. The molecule has 2 nitrogen and oxygen atoms in total. The first-order chi connectivity index (χ1) is 4.88. The van der Waals surface area contributed by atoms with Crippen molar-refractivity contribution in [2.24, 2.45) is 0 Å². The molecule has 0 saturated carbocycles. The lowest BCUT2D eigenvalue weighted by molar-refractivity contribution is 0.216. The molecule has 0 unspecified atom stereocenters. The van der Waals surface area contributed by atoms with Crippen LogP contribution in [-0.4, -0.2) is 26.3 Å². The fourth-order valence-electron chi connectivity index (χ4n) is 0. The minimum Gasteiger partial charge on any atom is -0.412 e. The Kier molecular flexibility index (Phi) is 44.3. The zero-order valence-electron chi connectivity index (χ0n) is 6.70. The van der Waals surface area contributed by atoms with Gasteiger partial charge in [0.2, 0.25) is 0 Å². The minimum absolute atomic E-state index is 0. The summed E-state index contributed by atoms with van der Waals surface area (Å²) >= 11 is 23.9. The zero-order valence-corrected chi connectivity index (χ0v) is 10.5. The predicted octanol–water partition coefficient (Wildman–Crippen LogP) is 2.97. The van der Waals surface area contributed by atoms with Crippen LogP contribution in [0.4, 0.5) is 0 Å². The van der Waals surface area contributed by atoms with Gasteiger partial charge in [-0.3, -0.25) is 0 Å². The molecule has 0 aliphatic carbocycles. The van der Waals surface area contributed by atoms with Gasteiger partial charge >= 0.3 is 0 Å². The summed E-state index contributed by atoms with van der Waals surface area (Å²) in [5, 5.41) is 8.25. The molecule has 7 heteroatoms. The van der Waals surface area contributed by atoms with Crippen LogP contribution in [0.25, 0.3) is 0 Å². The van der Waals surface area contributed by atoms with Crippen molar-refractivity contribution in [3.63, 3.8) is 0 Å². The van der Waals surface area contributed by atoms with E-state index in [9.17, 15) is 0 Å². The molecular formula is C5H13Cl5O2. The van der Waals surface area contributed by atoms with Gasteiger partial charge < -0.3 is 10.6 Å². The molecule has 0 amide bonds. The van der Waals surface area contributed by atoms with Crippen LogP contribution in [0.5, 0.6) is 0 Å². The average Bonchev–Trinajstić information content (AvgIpc) is 1.60. The monoisotopic (exact) mass is 280 g/mol. The smallest absolute Gasteiger partial charge is 0.180 e. The third kappa shape index (κ3) is 651. The summed E-state index contributed by atoms with van der Waals surface area (Å²) in [6, 6.07) is 0. The normalized spacial score (nSPS) is 7.50. The molecule has 0 atom stereocenters. The van der Waals surface area contributed by atoms with Crippen molar-refractivity contribution in [2.75, 3.05) is 5.34 Å². The standard InChI is InChI=1S/C3H8O.CHCl3.CH2Cl2.H2O/c1-3(2)4;2-1(3)4;2-1-3;/h3-4H,1-2H3;1H;1H2;1H2. The molecule has 0 aromatic heterocycles. The van der Waals surface area contributed by atoms with Crippen molar-refractivity contribution < 1.29 is 10.6 Å². The summed E-state index contributed by atoms with van der Waals surface area (Å²) in [5.74, 6) is 0. The maximum absolute atomic E-state index is 8.06. The predicted molar refractivity (Wildman–Crippen MR) is 58.9 cm³/mol. The molecule has 0 radical (unpaired) electrons. The second-order valence-corrected chi connectivity index (χ2v) is 4.23. The largest absolute Gasteiger partial charge is 0.412 e. The molecular weight excluding hydrogens is 269 g/mol. The zero-order chi connectivity index (χ0) is 9.86. The molecule has 12 heavy (non-hydrogen) atoms. The van der Waals surface area contributed by atoms with Crippen LogP contribution in [0, 0.1) is 0 Å². The van der Waals surface area contributed by atoms with Crippen molar-refractivity contribution in [3.8, 4) is 0 Å². The molecule has 0 fully saturated rings. The number of aliphatic hydroxyl groups is 1. The number of hydrogen-bond donors (Lipinski definition) is 1. The van der Waals surface area contributed by atoms with E-state index in [0.29, 0.717) is 0 Å². The van der Waals surface area contributed by atoms with Crippen LogP contribution in [0.2, 0.25) is 0 Å². The minimum atomic E-state index is -0.750. The number of halogens is 5. The molecule has 0 spiro atoms. The fraction of sp³-hybridized carbons (Fsp3) is 1.00. The SMILES string of the molecule is CC(C)O.ClC(Cl)Cl.ClCCl.O. The Morgan fingerprint density at radius 3 is 1.08 bits per heavy atom. The van der Waals surface area contributed by atoms with E-state index in [1.54, 1.807) is 13.8 Å². The first kappa shape index (κ1) is 23.3. The first-order valence-corrected chi connectivity index (χ1v) is 4.98. The Hall–Kier alpha value is 1.37. The molecule has 3 N–H and O–H groups in total. The summed E-state index contributed by atoms with van der Waals surface area (Å²) in [6.07, 6.45) is -0.167. The lowest BCUT2D eigenvalue weighted by Gasteiger charge is -1.80. The van der Waals surface area contributed by atoms with Crippen molar-refractivity contribution in [1.82, 2.24) is 0 Å². The van der Waals surface area contributed by atoms with Gasteiger partial charge in [0.05, 0.1) is 5.34 Å². The van der Waals surface area contributed by atoms with Gasteiger partial charge in [-0.1, -0.05) is 34.8 Å². The van der Waals surface area contributed by atoms with Crippen molar-refractivity contribution in [1.29, 1.82) is 0 Å². The number of hydrogen-bond acceptors (Lipinski definition) is 1. The van der Waals surface area contributed by atoms with Crippen LogP contribution < -0.4 is 0 Å². The van der Waals surface area contributed by atoms with Crippen LogP contribution in [-0.2, 0) is 0 Å². The summed E-state index contributed by atoms with van der Waals surface area (Å²) in [6.45, 7) is 3.44. The second kappa shape index (κ2) is 22.8. The highest BCUT2D eigenvalue weighted by molar-refractivity contribution is 6.63. The maximum Gasteiger partial charge on any atom is 0.180 e. The highest BCUT2D eigenvalue weighted by Crippen LogP contribution is 2.03. The first-order valence-electron chi connectivity index (χ1n) is 2.60. The molecule has 80 valence electrons. The molecule has 0 rings (SSSR count). The number of aliphatic hydroxyl groups excluding tert-OH is 1. The van der Waals surface area contributed by atoms with Gasteiger partial charge in [0.1, 0.15) is 0 Å². The quantitative estimate of drug-likeness (QED) is 0.682. The van der Waals surface area contributed by atoms with Gasteiger partial charge in [-0.05, 0) is 13.8 Å². The van der Waals surface area contributed by atoms with E-state index in [2.05, 4.69) is 0 Å². The van der Waals surface area contributed by atoms with Gasteiger partial charge in [-0.15, -0.1) is 23.2 Å². The Morgan fingerprint density at radius 2 is 1.08 bits per heavy atom. The fourth-order valence-corrected chi connectivity index (χ4v) is 0. The van der Waals surface area contributed by atoms with E-state index in [1.165, 1.54) is 0 Å². The topological polar surface area (TPSA) is 51.7 Å². The van der Waals surface area contributed by atoms with E-state index in [1.807, 2.05) is 0 Å².